The van der Waals surface area contributed by atoms with Crippen molar-refractivity contribution in [1.29, 1.82) is 0 Å². The van der Waals surface area contributed by atoms with Crippen molar-refractivity contribution in [2.24, 2.45) is 0 Å². The fourth-order valence-corrected chi connectivity index (χ4v) is 5.68. The molecule has 9 nitrogen and oxygen atoms in total. The predicted octanol–water partition coefficient (Wildman–Crippen LogP) is 3.60. The van der Waals surface area contributed by atoms with E-state index in [2.05, 4.69) is 9.97 Å². The van der Waals surface area contributed by atoms with Crippen LogP contribution in [0.5, 0.6) is 0 Å². The van der Waals surface area contributed by atoms with Crippen LogP contribution < -0.4 is 5.56 Å². The van der Waals surface area contributed by atoms with Gasteiger partial charge in [0.25, 0.3) is 5.56 Å². The first-order valence-electron chi connectivity index (χ1n) is 10.6. The maximum Gasteiger partial charge on any atom is 0.348 e. The largest absolute Gasteiger partial charge is 0.469 e. The number of rotatable bonds is 7. The van der Waals surface area contributed by atoms with Crippen LogP contribution in [0.15, 0.2) is 34.1 Å². The van der Waals surface area contributed by atoms with Crippen molar-refractivity contribution in [2.75, 3.05) is 14.2 Å². The van der Waals surface area contributed by atoms with Crippen LogP contribution in [0, 0.1) is 0 Å². The molecule has 0 atom stereocenters. The molecule has 4 aromatic rings. The van der Waals surface area contributed by atoms with Gasteiger partial charge in [0.1, 0.15) is 26.4 Å². The molecule has 1 aliphatic carbocycles. The number of thioether (sulfide) groups is 1. The van der Waals surface area contributed by atoms with E-state index in [4.69, 9.17) is 19.4 Å². The molecule has 0 saturated heterocycles. The summed E-state index contributed by atoms with van der Waals surface area (Å²) in [6, 6.07) is 7.85. The molecule has 1 saturated carbocycles. The first-order valence-corrected chi connectivity index (χ1v) is 12.4. The third-order valence-electron chi connectivity index (χ3n) is 5.50. The maximum absolute atomic E-state index is 13.0. The number of para-hydroxylation sites is 1. The smallest absolute Gasteiger partial charge is 0.348 e. The molecule has 0 amide bonds. The SMILES string of the molecule is COC(=O)Cc1c(C(=O)OC)sc2nc(CSc3nc(C4CC4)nc4ccccc34)[nH]c(=O)c12. The molecule has 3 heterocycles. The van der Waals surface area contributed by atoms with Crippen LogP contribution in [0.2, 0.25) is 0 Å². The van der Waals surface area contributed by atoms with Crippen molar-refractivity contribution in [3.8, 4) is 0 Å². The van der Waals surface area contributed by atoms with Crippen molar-refractivity contribution in [1.82, 2.24) is 19.9 Å². The average molecular weight is 497 g/mol. The van der Waals surface area contributed by atoms with Gasteiger partial charge in [-0.2, -0.15) is 0 Å². The van der Waals surface area contributed by atoms with Gasteiger partial charge in [0.15, 0.2) is 0 Å². The summed E-state index contributed by atoms with van der Waals surface area (Å²) < 4.78 is 9.56. The van der Waals surface area contributed by atoms with Crippen LogP contribution in [0.4, 0.5) is 0 Å². The molecule has 0 radical (unpaired) electrons. The molecule has 0 spiro atoms. The highest BCUT2D eigenvalue weighted by Crippen LogP contribution is 2.40. The number of thiophene rings is 1. The normalized spacial score (nSPS) is 13.4. The summed E-state index contributed by atoms with van der Waals surface area (Å²) in [5.74, 6) is 0.887. The van der Waals surface area contributed by atoms with Crippen LogP contribution in [0.3, 0.4) is 0 Å². The molecule has 34 heavy (non-hydrogen) atoms. The van der Waals surface area contributed by atoms with Crippen molar-refractivity contribution in [3.05, 3.63) is 56.7 Å². The van der Waals surface area contributed by atoms with Crippen LogP contribution in [-0.4, -0.2) is 46.1 Å². The Balaban J connectivity index is 1.50. The summed E-state index contributed by atoms with van der Waals surface area (Å²) in [7, 11) is 2.49. The van der Waals surface area contributed by atoms with Gasteiger partial charge in [0.2, 0.25) is 0 Å². The molecule has 3 aromatic heterocycles. The number of benzene rings is 1. The van der Waals surface area contributed by atoms with Crippen molar-refractivity contribution < 1.29 is 19.1 Å². The van der Waals surface area contributed by atoms with E-state index in [0.717, 1.165) is 45.9 Å². The molecule has 11 heteroatoms. The number of methoxy groups -OCH3 is 2. The van der Waals surface area contributed by atoms with Crippen molar-refractivity contribution in [2.45, 2.75) is 36.0 Å². The van der Waals surface area contributed by atoms with Gasteiger partial charge >= 0.3 is 11.9 Å². The van der Waals surface area contributed by atoms with Gasteiger partial charge in [0.05, 0.1) is 37.3 Å². The van der Waals surface area contributed by atoms with Crippen LogP contribution >= 0.6 is 23.1 Å². The van der Waals surface area contributed by atoms with Gasteiger partial charge in [-0.15, -0.1) is 11.3 Å². The Morgan fingerprint density at radius 2 is 1.94 bits per heavy atom. The zero-order valence-corrected chi connectivity index (χ0v) is 20.0. The number of nitrogens with one attached hydrogen (secondary N) is 1. The molecule has 5 rings (SSSR count). The maximum atomic E-state index is 13.0. The number of H-pyrrole nitrogens is 1. The number of esters is 2. The number of nitrogens with zero attached hydrogens (tertiary/aromatic N) is 3. The van der Waals surface area contributed by atoms with E-state index in [0.29, 0.717) is 22.3 Å². The number of hydrogen-bond donors (Lipinski definition) is 1. The monoisotopic (exact) mass is 496 g/mol. The Morgan fingerprint density at radius 3 is 2.68 bits per heavy atom. The standard InChI is InChI=1S/C23H20N4O5S2/c1-31-16(28)9-13-17-20(29)25-15(26-22(17)34-18(13)23(30)32-2)10-33-21-12-5-3-4-6-14(12)24-19(27-21)11-7-8-11/h3-6,11H,7-10H2,1-2H3,(H,25,26,29). The number of fused-ring (bicyclic) bond motifs is 2. The van der Waals surface area contributed by atoms with E-state index >= 15 is 0 Å². The van der Waals surface area contributed by atoms with E-state index in [-0.39, 0.29) is 22.2 Å². The summed E-state index contributed by atoms with van der Waals surface area (Å²) in [5.41, 5.74) is 0.742. The summed E-state index contributed by atoms with van der Waals surface area (Å²) in [4.78, 5) is 54.5. The number of aromatic amines is 1. The van der Waals surface area contributed by atoms with Gasteiger partial charge < -0.3 is 14.5 Å². The minimum atomic E-state index is -0.628. The predicted molar refractivity (Wildman–Crippen MR) is 128 cm³/mol. The van der Waals surface area contributed by atoms with Crippen LogP contribution in [-0.2, 0) is 26.4 Å². The quantitative estimate of drug-likeness (QED) is 0.232. The molecule has 1 aliphatic rings. The summed E-state index contributed by atoms with van der Waals surface area (Å²) in [6.45, 7) is 0. The lowest BCUT2D eigenvalue weighted by atomic mass is 10.1. The minimum absolute atomic E-state index is 0.168. The summed E-state index contributed by atoms with van der Waals surface area (Å²) >= 11 is 2.50. The average Bonchev–Trinajstić information content (AvgIpc) is 3.64. The Hall–Kier alpha value is -3.31. The second kappa shape index (κ2) is 9.15. The molecule has 1 aromatic carbocycles. The molecule has 1 fully saturated rings. The topological polar surface area (TPSA) is 124 Å². The molecular weight excluding hydrogens is 476 g/mol. The lowest BCUT2D eigenvalue weighted by molar-refractivity contribution is -0.139. The molecular formula is C23H20N4O5S2. The lowest BCUT2D eigenvalue weighted by Crippen LogP contribution is -2.15. The van der Waals surface area contributed by atoms with Crippen molar-refractivity contribution in [3.63, 3.8) is 0 Å². The zero-order valence-electron chi connectivity index (χ0n) is 18.4. The Kier molecular flexibility index (Phi) is 6.05. The van der Waals surface area contributed by atoms with E-state index in [1.807, 2.05) is 24.3 Å². The van der Waals surface area contributed by atoms with Crippen LogP contribution in [0.25, 0.3) is 21.1 Å². The number of carbonyl (C=O) groups excluding carboxylic acids is 2. The van der Waals surface area contributed by atoms with Crippen LogP contribution in [0.1, 0.15) is 45.6 Å². The fourth-order valence-electron chi connectivity index (χ4n) is 3.66. The Bertz CT molecular complexity index is 1490. The second-order valence-electron chi connectivity index (χ2n) is 7.81. The highest BCUT2D eigenvalue weighted by Gasteiger charge is 2.28. The van der Waals surface area contributed by atoms with Crippen molar-refractivity contribution >= 4 is 56.2 Å². The lowest BCUT2D eigenvalue weighted by Gasteiger charge is -2.08. The Labute approximate surface area is 201 Å². The number of aromatic nitrogens is 4. The third kappa shape index (κ3) is 4.28. The highest BCUT2D eigenvalue weighted by molar-refractivity contribution is 7.98. The fraction of sp³-hybridized carbons (Fsp3) is 0.304. The molecule has 0 aliphatic heterocycles. The van der Waals surface area contributed by atoms with Gasteiger partial charge in [-0.1, -0.05) is 30.0 Å². The van der Waals surface area contributed by atoms with Gasteiger partial charge in [0, 0.05) is 16.9 Å². The summed E-state index contributed by atoms with van der Waals surface area (Å²) in [6.07, 6.45) is 1.97. The highest BCUT2D eigenvalue weighted by atomic mass is 32.2. The number of hydrogen-bond acceptors (Lipinski definition) is 10. The second-order valence-corrected chi connectivity index (χ2v) is 9.78. The van der Waals surface area contributed by atoms with E-state index in [1.165, 1.54) is 26.0 Å². The summed E-state index contributed by atoms with van der Waals surface area (Å²) in [5, 5.41) is 1.99. The minimum Gasteiger partial charge on any atom is -0.469 e. The number of ether oxygens (including phenoxy) is 2. The third-order valence-corrected chi connectivity index (χ3v) is 7.61. The van der Waals surface area contributed by atoms with Gasteiger partial charge in [-0.3, -0.25) is 9.59 Å². The molecule has 0 unspecified atom stereocenters. The van der Waals surface area contributed by atoms with E-state index in [1.54, 1.807) is 0 Å². The van der Waals surface area contributed by atoms with E-state index < -0.39 is 17.5 Å². The molecule has 1 N–H and O–H groups in total. The van der Waals surface area contributed by atoms with Gasteiger partial charge in [-0.25, -0.2) is 19.7 Å². The number of carbonyl (C=O) groups is 2. The molecule has 174 valence electrons. The Morgan fingerprint density at radius 1 is 1.15 bits per heavy atom. The zero-order chi connectivity index (χ0) is 23.8. The van der Waals surface area contributed by atoms with Gasteiger partial charge in [-0.05, 0) is 18.9 Å². The van der Waals surface area contributed by atoms with E-state index in [9.17, 15) is 14.4 Å². The first-order chi connectivity index (χ1) is 16.5. The first kappa shape index (κ1) is 22.5. The molecule has 0 bridgehead atoms.